The molecule has 0 saturated heterocycles. The van der Waals surface area contributed by atoms with Crippen molar-refractivity contribution < 1.29 is 23.7 Å². The quantitative estimate of drug-likeness (QED) is 0.119. The summed E-state index contributed by atoms with van der Waals surface area (Å²) in [6.45, 7) is 7.53. The third-order valence-electron chi connectivity index (χ3n) is 7.81. The van der Waals surface area contributed by atoms with E-state index in [9.17, 15) is 4.79 Å². The second kappa shape index (κ2) is 14.8. The van der Waals surface area contributed by atoms with Crippen LogP contribution in [-0.4, -0.2) is 38.5 Å². The van der Waals surface area contributed by atoms with Gasteiger partial charge >= 0.3 is 5.97 Å². The van der Waals surface area contributed by atoms with E-state index < -0.39 is 6.10 Å². The molecule has 1 aliphatic rings. The van der Waals surface area contributed by atoms with Crippen LogP contribution in [0.5, 0.6) is 5.75 Å². The molecule has 0 heterocycles. The molecule has 0 amide bonds. The summed E-state index contributed by atoms with van der Waals surface area (Å²) >= 11 is 0. The van der Waals surface area contributed by atoms with Gasteiger partial charge in [0.25, 0.3) is 0 Å². The van der Waals surface area contributed by atoms with E-state index in [1.54, 1.807) is 6.92 Å². The Bertz CT molecular complexity index is 1510. The minimum atomic E-state index is -0.610. The van der Waals surface area contributed by atoms with Crippen molar-refractivity contribution in [3.8, 4) is 5.75 Å². The van der Waals surface area contributed by atoms with Gasteiger partial charge in [-0.2, -0.15) is 0 Å². The number of esters is 1. The third-order valence-corrected chi connectivity index (χ3v) is 7.81. The van der Waals surface area contributed by atoms with Gasteiger partial charge in [-0.05, 0) is 64.9 Å². The fourth-order valence-electron chi connectivity index (χ4n) is 5.51. The second-order valence-corrected chi connectivity index (χ2v) is 10.6. The number of ether oxygens (including phenoxy) is 4. The molecule has 0 saturated carbocycles. The normalized spacial score (nSPS) is 15.1. The number of hydrogen-bond acceptors (Lipinski definition) is 5. The Morgan fingerprint density at radius 2 is 1.47 bits per heavy atom. The molecule has 5 heteroatoms. The number of carbonyl (C=O) groups excluding carboxylic acids is 1. The van der Waals surface area contributed by atoms with E-state index in [2.05, 4.69) is 91.9 Å². The first-order valence-electron chi connectivity index (χ1n) is 15.1. The Labute approximate surface area is 255 Å². The van der Waals surface area contributed by atoms with Crippen molar-refractivity contribution in [2.24, 2.45) is 0 Å². The maximum absolute atomic E-state index is 12.2. The monoisotopic (exact) mass is 576 g/mol. The van der Waals surface area contributed by atoms with Crippen molar-refractivity contribution in [1.29, 1.82) is 0 Å². The first kappa shape index (κ1) is 30.3. The summed E-state index contributed by atoms with van der Waals surface area (Å²) in [6.07, 6.45) is 3.99. The van der Waals surface area contributed by atoms with Crippen LogP contribution in [0.25, 0.3) is 12.2 Å². The number of carbonyl (C=O) groups is 1. The first-order chi connectivity index (χ1) is 21.1. The topological polar surface area (TPSA) is 54.0 Å². The average molecular weight is 577 g/mol. The standard InChI is InChI=1S/C38H40O5/c1-4-40-36(38(39)41-5-2)25-28-15-21-33(22-16-28)42-23-24-43-37-34-14-10-9-13-30(34)17-18-31-19-20-32(26-35(31)37)27(3)29-11-7-6-8-12-29/h6-22,26-27,36-37H,4-5,23-25H2,1-3H3. The predicted molar refractivity (Wildman–Crippen MR) is 171 cm³/mol. The van der Waals surface area contributed by atoms with Crippen molar-refractivity contribution in [3.05, 3.63) is 136 Å². The van der Waals surface area contributed by atoms with Crippen LogP contribution in [0.3, 0.4) is 0 Å². The lowest BCUT2D eigenvalue weighted by atomic mass is 9.88. The van der Waals surface area contributed by atoms with Crippen molar-refractivity contribution in [2.75, 3.05) is 26.4 Å². The highest BCUT2D eigenvalue weighted by Crippen LogP contribution is 2.37. The second-order valence-electron chi connectivity index (χ2n) is 10.6. The highest BCUT2D eigenvalue weighted by Gasteiger charge is 2.24. The van der Waals surface area contributed by atoms with Gasteiger partial charge < -0.3 is 18.9 Å². The van der Waals surface area contributed by atoms with Gasteiger partial charge in [-0.3, -0.25) is 0 Å². The summed E-state index contributed by atoms with van der Waals surface area (Å²) in [7, 11) is 0. The first-order valence-corrected chi connectivity index (χ1v) is 15.1. The molecule has 3 atom stereocenters. The van der Waals surface area contributed by atoms with Gasteiger partial charge in [-0.15, -0.1) is 0 Å². The van der Waals surface area contributed by atoms with E-state index in [1.165, 1.54) is 11.1 Å². The summed E-state index contributed by atoms with van der Waals surface area (Å²) in [5, 5.41) is 0. The summed E-state index contributed by atoms with van der Waals surface area (Å²) in [4.78, 5) is 12.2. The van der Waals surface area contributed by atoms with E-state index in [0.29, 0.717) is 32.8 Å². The summed E-state index contributed by atoms with van der Waals surface area (Å²) in [6, 6.07) is 33.5. The molecule has 0 radical (unpaired) electrons. The lowest BCUT2D eigenvalue weighted by Crippen LogP contribution is -2.28. The summed E-state index contributed by atoms with van der Waals surface area (Å²) in [5.74, 6) is 0.682. The van der Waals surface area contributed by atoms with Gasteiger partial charge in [0, 0.05) is 18.9 Å². The van der Waals surface area contributed by atoms with Gasteiger partial charge in [0.2, 0.25) is 0 Å². The SMILES string of the molecule is CCOC(=O)C(Cc1ccc(OCCOC2c3ccccc3C=Cc3ccc(C(C)c4ccccc4)cc32)cc1)OCC. The molecular formula is C38H40O5. The van der Waals surface area contributed by atoms with E-state index in [0.717, 1.165) is 33.6 Å². The number of fused-ring (bicyclic) bond motifs is 2. The van der Waals surface area contributed by atoms with Crippen molar-refractivity contribution in [3.63, 3.8) is 0 Å². The van der Waals surface area contributed by atoms with Crippen LogP contribution in [0.4, 0.5) is 0 Å². The van der Waals surface area contributed by atoms with Gasteiger partial charge in [0.05, 0.1) is 13.2 Å². The van der Waals surface area contributed by atoms with Crippen LogP contribution in [0.2, 0.25) is 0 Å². The lowest BCUT2D eigenvalue weighted by molar-refractivity contribution is -0.156. The van der Waals surface area contributed by atoms with E-state index >= 15 is 0 Å². The molecule has 0 N–H and O–H groups in total. The lowest BCUT2D eigenvalue weighted by Gasteiger charge is -2.23. The van der Waals surface area contributed by atoms with E-state index in [-0.39, 0.29) is 18.0 Å². The Hall–Kier alpha value is -4.19. The molecule has 0 bridgehead atoms. The van der Waals surface area contributed by atoms with Crippen LogP contribution >= 0.6 is 0 Å². The fraction of sp³-hybridized carbons (Fsp3) is 0.289. The van der Waals surface area contributed by atoms with Crippen LogP contribution in [-0.2, 0) is 25.4 Å². The molecule has 0 aromatic heterocycles. The molecule has 3 unspecified atom stereocenters. The molecule has 0 fully saturated rings. The van der Waals surface area contributed by atoms with Crippen LogP contribution < -0.4 is 4.74 Å². The molecule has 5 rings (SSSR count). The Kier molecular flexibility index (Phi) is 10.4. The zero-order chi connectivity index (χ0) is 30.0. The van der Waals surface area contributed by atoms with Crippen LogP contribution in [0.1, 0.15) is 71.7 Å². The number of benzene rings is 4. The highest BCUT2D eigenvalue weighted by molar-refractivity contribution is 5.76. The van der Waals surface area contributed by atoms with E-state index in [4.69, 9.17) is 18.9 Å². The Balaban J connectivity index is 1.26. The Morgan fingerprint density at radius 1 is 0.744 bits per heavy atom. The van der Waals surface area contributed by atoms with E-state index in [1.807, 2.05) is 31.2 Å². The number of hydrogen-bond donors (Lipinski definition) is 0. The molecule has 0 spiro atoms. The summed E-state index contributed by atoms with van der Waals surface area (Å²) in [5.41, 5.74) is 8.17. The Morgan fingerprint density at radius 3 is 2.21 bits per heavy atom. The highest BCUT2D eigenvalue weighted by atomic mass is 16.6. The van der Waals surface area contributed by atoms with Gasteiger partial charge in [0.15, 0.2) is 6.10 Å². The maximum Gasteiger partial charge on any atom is 0.335 e. The molecule has 4 aromatic rings. The molecule has 43 heavy (non-hydrogen) atoms. The molecule has 0 aliphatic heterocycles. The van der Waals surface area contributed by atoms with Crippen LogP contribution in [0, 0.1) is 0 Å². The van der Waals surface area contributed by atoms with Crippen molar-refractivity contribution in [1.82, 2.24) is 0 Å². The summed E-state index contributed by atoms with van der Waals surface area (Å²) < 4.78 is 23.4. The van der Waals surface area contributed by atoms with Gasteiger partial charge in [0.1, 0.15) is 18.5 Å². The van der Waals surface area contributed by atoms with Crippen molar-refractivity contribution in [2.45, 2.75) is 45.3 Å². The molecule has 1 aliphatic carbocycles. The molecule has 222 valence electrons. The minimum absolute atomic E-state index is 0.214. The van der Waals surface area contributed by atoms with Gasteiger partial charge in [-0.1, -0.05) is 104 Å². The van der Waals surface area contributed by atoms with Gasteiger partial charge in [-0.25, -0.2) is 4.79 Å². The zero-order valence-electron chi connectivity index (χ0n) is 25.2. The van der Waals surface area contributed by atoms with Crippen molar-refractivity contribution >= 4 is 18.1 Å². The average Bonchev–Trinajstić information content (AvgIpc) is 3.20. The molecule has 4 aromatic carbocycles. The zero-order valence-corrected chi connectivity index (χ0v) is 25.2. The molecule has 5 nitrogen and oxygen atoms in total. The predicted octanol–water partition coefficient (Wildman–Crippen LogP) is 8.02. The minimum Gasteiger partial charge on any atom is -0.491 e. The fourth-order valence-corrected chi connectivity index (χ4v) is 5.51. The largest absolute Gasteiger partial charge is 0.491 e. The smallest absolute Gasteiger partial charge is 0.335 e. The maximum atomic E-state index is 12.2. The third kappa shape index (κ3) is 7.61. The van der Waals surface area contributed by atoms with Crippen LogP contribution in [0.15, 0.2) is 97.1 Å². The number of rotatable bonds is 13. The molecular weight excluding hydrogens is 536 g/mol.